The van der Waals surface area contributed by atoms with Crippen molar-refractivity contribution in [1.82, 2.24) is 14.4 Å². The molecule has 2 heterocycles. The SMILES string of the molecule is CC.NC(N)=NCCOc1ccc2cc(C(=O)NCC(NS(=O)(=O)c3ccccc3)C(=O)O)cc(=O)n2c1. The molecule has 2 aromatic heterocycles. The number of sulfonamides is 1. The zero-order valence-corrected chi connectivity index (χ0v) is 21.6. The Morgan fingerprint density at radius 3 is 2.42 bits per heavy atom. The van der Waals surface area contributed by atoms with Gasteiger partial charge in [0.15, 0.2) is 5.96 Å². The number of guanidine groups is 1. The van der Waals surface area contributed by atoms with Gasteiger partial charge >= 0.3 is 5.97 Å². The Morgan fingerprint density at radius 2 is 1.79 bits per heavy atom. The maximum atomic E-state index is 12.6. The van der Waals surface area contributed by atoms with Gasteiger partial charge in [-0.15, -0.1) is 0 Å². The number of rotatable bonds is 11. The van der Waals surface area contributed by atoms with Gasteiger partial charge in [-0.2, -0.15) is 4.72 Å². The third-order valence-corrected chi connectivity index (χ3v) is 6.29. The van der Waals surface area contributed by atoms with Crippen LogP contribution < -0.4 is 31.8 Å². The molecule has 13 nitrogen and oxygen atoms in total. The first-order valence-corrected chi connectivity index (χ1v) is 13.0. The number of ether oxygens (including phenoxy) is 1. The minimum absolute atomic E-state index is 0.0310. The van der Waals surface area contributed by atoms with E-state index in [4.69, 9.17) is 16.2 Å². The normalized spacial score (nSPS) is 11.5. The lowest BCUT2D eigenvalue weighted by Crippen LogP contribution is -2.48. The second-order valence-electron chi connectivity index (χ2n) is 7.43. The van der Waals surface area contributed by atoms with Crippen molar-refractivity contribution in [3.63, 3.8) is 0 Å². The van der Waals surface area contributed by atoms with E-state index in [1.165, 1.54) is 40.9 Å². The predicted octanol–water partition coefficient (Wildman–Crippen LogP) is 0.139. The molecule has 0 fully saturated rings. The molecule has 0 saturated heterocycles. The van der Waals surface area contributed by atoms with Crippen molar-refractivity contribution in [2.45, 2.75) is 24.8 Å². The maximum Gasteiger partial charge on any atom is 0.323 e. The van der Waals surface area contributed by atoms with Crippen molar-refractivity contribution >= 4 is 33.4 Å². The quantitative estimate of drug-likeness (QED) is 0.126. The minimum atomic E-state index is -4.14. The van der Waals surface area contributed by atoms with E-state index in [0.717, 1.165) is 6.07 Å². The Bertz CT molecular complexity index is 1450. The number of benzene rings is 1. The average molecular weight is 547 g/mol. The zero-order chi connectivity index (χ0) is 28.3. The number of fused-ring (bicyclic) bond motifs is 1. The van der Waals surface area contributed by atoms with Gasteiger partial charge in [-0.05, 0) is 30.3 Å². The number of amides is 1. The van der Waals surface area contributed by atoms with Gasteiger partial charge in [-0.3, -0.25) is 23.8 Å². The van der Waals surface area contributed by atoms with Crippen LogP contribution in [0.4, 0.5) is 0 Å². The van der Waals surface area contributed by atoms with Gasteiger partial charge in [0, 0.05) is 23.7 Å². The van der Waals surface area contributed by atoms with Crippen LogP contribution in [0.2, 0.25) is 0 Å². The summed E-state index contributed by atoms with van der Waals surface area (Å²) in [4.78, 5) is 40.4. The summed E-state index contributed by atoms with van der Waals surface area (Å²) in [5.41, 5.74) is 10.3. The van der Waals surface area contributed by atoms with Crippen LogP contribution in [0, 0.1) is 0 Å². The van der Waals surface area contributed by atoms with Gasteiger partial charge in [0.2, 0.25) is 10.0 Å². The largest absolute Gasteiger partial charge is 0.490 e. The van der Waals surface area contributed by atoms with Crippen molar-refractivity contribution in [1.29, 1.82) is 0 Å². The molecular weight excluding hydrogens is 516 g/mol. The van der Waals surface area contributed by atoms with Crippen LogP contribution >= 0.6 is 0 Å². The van der Waals surface area contributed by atoms with E-state index < -0.39 is 40.0 Å². The molecule has 0 radical (unpaired) electrons. The summed E-state index contributed by atoms with van der Waals surface area (Å²) in [6.45, 7) is 3.85. The number of nitrogens with one attached hydrogen (secondary N) is 2. The van der Waals surface area contributed by atoms with Crippen LogP contribution in [0.3, 0.4) is 0 Å². The molecule has 0 saturated carbocycles. The van der Waals surface area contributed by atoms with E-state index in [0.29, 0.717) is 11.3 Å². The van der Waals surface area contributed by atoms with Gasteiger partial charge in [0.1, 0.15) is 18.4 Å². The number of carbonyl (C=O) groups is 2. The van der Waals surface area contributed by atoms with Crippen molar-refractivity contribution in [3.8, 4) is 5.75 Å². The van der Waals surface area contributed by atoms with Crippen LogP contribution in [0.5, 0.6) is 5.75 Å². The van der Waals surface area contributed by atoms with E-state index in [2.05, 4.69) is 10.3 Å². The maximum absolute atomic E-state index is 12.6. The molecule has 7 N–H and O–H groups in total. The predicted molar refractivity (Wildman–Crippen MR) is 142 cm³/mol. The summed E-state index contributed by atoms with van der Waals surface area (Å²) < 4.78 is 33.7. The number of nitrogens with zero attached hydrogens (tertiary/aromatic N) is 2. The van der Waals surface area contributed by atoms with Crippen molar-refractivity contribution < 1.29 is 27.9 Å². The minimum Gasteiger partial charge on any atom is -0.490 e. The summed E-state index contributed by atoms with van der Waals surface area (Å²) in [7, 11) is -4.14. The standard InChI is InChI=1S/C22H24N6O7S.C2H6/c23-22(24)25-8-9-35-16-7-6-15-10-14(11-19(29)28(15)13-16)20(30)26-12-18(21(31)32)27-36(33,34)17-4-2-1-3-5-17;1-2/h1-7,10-11,13,18,27H,8-9,12H2,(H,26,30)(H,31,32)(H4,23,24,25);1-2H3. The highest BCUT2D eigenvalue weighted by Crippen LogP contribution is 2.13. The van der Waals surface area contributed by atoms with Crippen LogP contribution in [0.1, 0.15) is 24.2 Å². The number of carboxylic acids is 1. The number of pyridine rings is 2. The Balaban J connectivity index is 0.00000247. The second-order valence-corrected chi connectivity index (χ2v) is 9.15. The summed E-state index contributed by atoms with van der Waals surface area (Å²) in [5, 5.41) is 11.8. The molecule has 1 atom stereocenters. The Morgan fingerprint density at radius 1 is 1.11 bits per heavy atom. The molecule has 1 amide bonds. The second kappa shape index (κ2) is 13.8. The zero-order valence-electron chi connectivity index (χ0n) is 20.8. The number of hydrogen-bond donors (Lipinski definition) is 5. The molecule has 38 heavy (non-hydrogen) atoms. The van der Waals surface area contributed by atoms with E-state index >= 15 is 0 Å². The highest BCUT2D eigenvalue weighted by atomic mass is 32.2. The smallest absolute Gasteiger partial charge is 0.323 e. The van der Waals surface area contributed by atoms with E-state index in [1.54, 1.807) is 18.2 Å². The Hall–Kier alpha value is -4.43. The topological polar surface area (TPSA) is 208 Å². The van der Waals surface area contributed by atoms with E-state index in [-0.39, 0.29) is 29.6 Å². The van der Waals surface area contributed by atoms with Crippen LogP contribution in [-0.2, 0) is 14.8 Å². The number of nitrogens with two attached hydrogens (primary N) is 2. The fourth-order valence-corrected chi connectivity index (χ4v) is 4.30. The summed E-state index contributed by atoms with van der Waals surface area (Å²) in [6, 6.07) is 11.2. The fraction of sp³-hybridized carbons (Fsp3) is 0.250. The molecule has 0 aliphatic carbocycles. The van der Waals surface area contributed by atoms with Crippen LogP contribution in [-0.4, -0.2) is 61.5 Å². The number of aliphatic carboxylic acids is 1. The molecule has 14 heteroatoms. The molecule has 0 aliphatic rings. The number of aromatic nitrogens is 1. The molecule has 1 aromatic carbocycles. The van der Waals surface area contributed by atoms with Crippen molar-refractivity contribution in [2.75, 3.05) is 19.7 Å². The first kappa shape index (κ1) is 29.8. The monoisotopic (exact) mass is 546 g/mol. The molecule has 0 spiro atoms. The Labute approximate surface area is 219 Å². The van der Waals surface area contributed by atoms with Crippen molar-refractivity contribution in [3.05, 3.63) is 76.7 Å². The first-order valence-electron chi connectivity index (χ1n) is 11.5. The molecule has 204 valence electrons. The summed E-state index contributed by atoms with van der Waals surface area (Å²) in [5.74, 6) is -1.93. The molecule has 3 aromatic rings. The van der Waals surface area contributed by atoms with Gasteiger partial charge in [-0.25, -0.2) is 8.42 Å². The molecular formula is C24H30N6O7S. The molecule has 0 bridgehead atoms. The first-order chi connectivity index (χ1) is 18.1. The number of carboxylic acid groups (broad SMARTS) is 1. The van der Waals surface area contributed by atoms with Crippen LogP contribution in [0.25, 0.3) is 5.52 Å². The lowest BCUT2D eigenvalue weighted by atomic mass is 10.2. The number of carbonyl (C=O) groups excluding carboxylic acids is 1. The van der Waals surface area contributed by atoms with Crippen molar-refractivity contribution in [2.24, 2.45) is 16.5 Å². The van der Waals surface area contributed by atoms with E-state index in [9.17, 15) is 27.9 Å². The van der Waals surface area contributed by atoms with Gasteiger partial charge in [0.05, 0.1) is 17.6 Å². The third kappa shape index (κ3) is 8.31. The van der Waals surface area contributed by atoms with E-state index in [1.807, 2.05) is 18.6 Å². The number of aliphatic imine (C=N–C) groups is 1. The third-order valence-electron chi connectivity index (χ3n) is 4.81. The van der Waals surface area contributed by atoms with Gasteiger partial charge in [0.25, 0.3) is 11.5 Å². The summed E-state index contributed by atoms with van der Waals surface area (Å²) >= 11 is 0. The molecule has 3 rings (SSSR count). The molecule has 0 aliphatic heterocycles. The van der Waals surface area contributed by atoms with Gasteiger partial charge in [-0.1, -0.05) is 32.0 Å². The lowest BCUT2D eigenvalue weighted by molar-refractivity contribution is -0.138. The Kier molecular flexibility index (Phi) is 10.8. The van der Waals surface area contributed by atoms with Gasteiger partial charge < -0.3 is 26.6 Å². The fourth-order valence-electron chi connectivity index (χ4n) is 3.09. The van der Waals surface area contributed by atoms with Crippen LogP contribution in [0.15, 0.2) is 75.5 Å². The summed E-state index contributed by atoms with van der Waals surface area (Å²) in [6.07, 6.45) is 1.44. The highest BCUT2D eigenvalue weighted by Gasteiger charge is 2.26. The number of hydrogen-bond acceptors (Lipinski definition) is 7. The highest BCUT2D eigenvalue weighted by molar-refractivity contribution is 7.89. The average Bonchev–Trinajstić information content (AvgIpc) is 2.90. The lowest BCUT2D eigenvalue weighted by Gasteiger charge is -2.16. The molecule has 1 unspecified atom stereocenters.